The van der Waals surface area contributed by atoms with Gasteiger partial charge in [0, 0.05) is 5.71 Å². The quantitative estimate of drug-likeness (QED) is 0.658. The van der Waals surface area contributed by atoms with Crippen molar-refractivity contribution in [3.8, 4) is 0 Å². The van der Waals surface area contributed by atoms with Crippen LogP contribution < -0.4 is 11.2 Å². The van der Waals surface area contributed by atoms with E-state index < -0.39 is 6.03 Å². The number of nitrogens with zero attached hydrogens (tertiary/aromatic N) is 1. The third-order valence-electron chi connectivity index (χ3n) is 4.33. The molecule has 2 fully saturated rings. The summed E-state index contributed by atoms with van der Waals surface area (Å²) in [5.41, 5.74) is 8.99. The zero-order chi connectivity index (χ0) is 11.6. The molecule has 90 valence electrons. The van der Waals surface area contributed by atoms with Gasteiger partial charge in [-0.3, -0.25) is 0 Å². The lowest BCUT2D eigenvalue weighted by Gasteiger charge is -2.45. The second-order valence-corrected chi connectivity index (χ2v) is 5.45. The first kappa shape index (κ1) is 11.4. The Morgan fingerprint density at radius 2 is 2.31 bits per heavy atom. The van der Waals surface area contributed by atoms with Crippen LogP contribution in [0.1, 0.15) is 51.9 Å². The Balaban J connectivity index is 1.99. The average molecular weight is 223 g/mol. The molecular formula is C12H21N3O. The molecule has 2 aliphatic rings. The van der Waals surface area contributed by atoms with Gasteiger partial charge in [0.1, 0.15) is 0 Å². The Bertz CT molecular complexity index is 313. The molecule has 16 heavy (non-hydrogen) atoms. The highest BCUT2D eigenvalue weighted by molar-refractivity contribution is 5.86. The average Bonchev–Trinajstić information content (AvgIpc) is 2.26. The first-order valence-electron chi connectivity index (χ1n) is 6.21. The fourth-order valence-corrected chi connectivity index (χ4v) is 3.20. The molecule has 4 nitrogen and oxygen atoms in total. The van der Waals surface area contributed by atoms with Gasteiger partial charge in [-0.2, -0.15) is 5.10 Å². The van der Waals surface area contributed by atoms with Crippen LogP contribution in [0, 0.1) is 11.3 Å². The van der Waals surface area contributed by atoms with Gasteiger partial charge < -0.3 is 5.73 Å². The van der Waals surface area contributed by atoms with Gasteiger partial charge in [0.05, 0.1) is 0 Å². The van der Waals surface area contributed by atoms with E-state index in [-0.39, 0.29) is 0 Å². The lowest BCUT2D eigenvalue weighted by molar-refractivity contribution is 0.0992. The van der Waals surface area contributed by atoms with Crippen LogP contribution in [0.2, 0.25) is 0 Å². The highest BCUT2D eigenvalue weighted by atomic mass is 16.2. The van der Waals surface area contributed by atoms with E-state index in [0.717, 1.165) is 24.5 Å². The van der Waals surface area contributed by atoms with Gasteiger partial charge in [-0.15, -0.1) is 0 Å². The maximum absolute atomic E-state index is 10.6. The third kappa shape index (κ3) is 2.36. The highest BCUT2D eigenvalue weighted by Gasteiger charge is 2.39. The van der Waals surface area contributed by atoms with E-state index >= 15 is 0 Å². The zero-order valence-electron chi connectivity index (χ0n) is 9.96. The number of carbonyl (C=O) groups is 1. The number of carbonyl (C=O) groups excluding carboxylic acids is 1. The van der Waals surface area contributed by atoms with Crippen molar-refractivity contribution in [3.05, 3.63) is 0 Å². The van der Waals surface area contributed by atoms with Crippen molar-refractivity contribution in [1.29, 1.82) is 0 Å². The molecule has 0 bridgehead atoms. The van der Waals surface area contributed by atoms with Crippen LogP contribution in [-0.4, -0.2) is 11.7 Å². The second kappa shape index (κ2) is 4.44. The van der Waals surface area contributed by atoms with Crippen LogP contribution in [0.3, 0.4) is 0 Å². The van der Waals surface area contributed by atoms with Crippen LogP contribution in [-0.2, 0) is 0 Å². The van der Waals surface area contributed by atoms with E-state index in [4.69, 9.17) is 5.73 Å². The third-order valence-corrected chi connectivity index (χ3v) is 4.33. The van der Waals surface area contributed by atoms with Crippen molar-refractivity contribution in [1.82, 2.24) is 5.43 Å². The SMILES string of the molecule is C[C@]12CCCC[C@@H]1C/C(=N/NC(N)=O)CC2. The number of rotatable bonds is 1. The molecule has 4 heteroatoms. The van der Waals surface area contributed by atoms with Gasteiger partial charge in [-0.05, 0) is 43.4 Å². The van der Waals surface area contributed by atoms with Gasteiger partial charge in [0.2, 0.25) is 0 Å². The molecule has 0 aromatic carbocycles. The number of urea groups is 1. The molecule has 3 N–H and O–H groups in total. The smallest absolute Gasteiger partial charge is 0.332 e. The van der Waals surface area contributed by atoms with Gasteiger partial charge in [0.25, 0.3) is 0 Å². The predicted octanol–water partition coefficient (Wildman–Crippen LogP) is 2.39. The number of nitrogens with one attached hydrogen (secondary N) is 1. The topological polar surface area (TPSA) is 67.5 Å². The summed E-state index contributed by atoms with van der Waals surface area (Å²) in [4.78, 5) is 10.6. The molecule has 2 rings (SSSR count). The summed E-state index contributed by atoms with van der Waals surface area (Å²) < 4.78 is 0. The number of hydrogen-bond acceptors (Lipinski definition) is 2. The molecule has 0 aromatic heterocycles. The lowest BCUT2D eigenvalue weighted by Crippen LogP contribution is -2.38. The van der Waals surface area contributed by atoms with Crippen LogP contribution >= 0.6 is 0 Å². The van der Waals surface area contributed by atoms with Gasteiger partial charge in [0.15, 0.2) is 0 Å². The Morgan fingerprint density at radius 1 is 1.50 bits per heavy atom. The lowest BCUT2D eigenvalue weighted by atomic mass is 9.60. The van der Waals surface area contributed by atoms with E-state index in [0.29, 0.717) is 5.41 Å². The number of hydrazone groups is 1. The number of amides is 2. The van der Waals surface area contributed by atoms with Crippen molar-refractivity contribution in [2.24, 2.45) is 22.2 Å². The number of primary amides is 1. The summed E-state index contributed by atoms with van der Waals surface area (Å²) in [5.74, 6) is 0.753. The Morgan fingerprint density at radius 3 is 3.06 bits per heavy atom. The molecule has 2 atom stereocenters. The van der Waals surface area contributed by atoms with Crippen molar-refractivity contribution in [2.75, 3.05) is 0 Å². The molecule has 0 saturated heterocycles. The molecule has 2 amide bonds. The molecule has 0 radical (unpaired) electrons. The van der Waals surface area contributed by atoms with Crippen molar-refractivity contribution < 1.29 is 4.79 Å². The first-order valence-corrected chi connectivity index (χ1v) is 6.21. The Labute approximate surface area is 96.7 Å². The standard InChI is InChI=1S/C12H21N3O/c1-12-6-3-2-4-9(12)8-10(5-7-12)14-15-11(13)16/h9H,2-8H2,1H3,(H3,13,15,16)/b14-10+/t9-,12-/m1/s1. The predicted molar refractivity (Wildman–Crippen MR) is 64.1 cm³/mol. The van der Waals surface area contributed by atoms with Crippen LogP contribution in [0.4, 0.5) is 4.79 Å². The van der Waals surface area contributed by atoms with Gasteiger partial charge >= 0.3 is 6.03 Å². The van der Waals surface area contributed by atoms with Crippen LogP contribution in [0.5, 0.6) is 0 Å². The summed E-state index contributed by atoms with van der Waals surface area (Å²) in [5, 5.41) is 4.10. The minimum absolute atomic E-state index is 0.518. The summed E-state index contributed by atoms with van der Waals surface area (Å²) in [7, 11) is 0. The Kier molecular flexibility index (Phi) is 3.17. The first-order chi connectivity index (χ1) is 7.60. The molecule has 2 saturated carbocycles. The molecule has 0 aromatic rings. The molecule has 0 unspecified atom stereocenters. The normalized spacial score (nSPS) is 36.8. The second-order valence-electron chi connectivity index (χ2n) is 5.45. The van der Waals surface area contributed by atoms with E-state index in [9.17, 15) is 4.79 Å². The molecule has 2 aliphatic carbocycles. The maximum atomic E-state index is 10.6. The van der Waals surface area contributed by atoms with Gasteiger partial charge in [-0.1, -0.05) is 19.8 Å². The van der Waals surface area contributed by atoms with E-state index in [1.807, 2.05) is 0 Å². The van der Waals surface area contributed by atoms with E-state index in [2.05, 4.69) is 17.5 Å². The van der Waals surface area contributed by atoms with E-state index in [1.165, 1.54) is 32.1 Å². The number of nitrogens with two attached hydrogens (primary N) is 1. The molecule has 0 spiro atoms. The fourth-order valence-electron chi connectivity index (χ4n) is 3.20. The minimum atomic E-state index is -0.565. The van der Waals surface area contributed by atoms with Crippen LogP contribution in [0.15, 0.2) is 5.10 Å². The van der Waals surface area contributed by atoms with Crippen molar-refractivity contribution in [2.45, 2.75) is 51.9 Å². The number of fused-ring (bicyclic) bond motifs is 1. The van der Waals surface area contributed by atoms with Crippen LogP contribution in [0.25, 0.3) is 0 Å². The Hall–Kier alpha value is -1.06. The summed E-state index contributed by atoms with van der Waals surface area (Å²) >= 11 is 0. The molecule has 0 heterocycles. The van der Waals surface area contributed by atoms with Gasteiger partial charge in [-0.25, -0.2) is 10.2 Å². The van der Waals surface area contributed by atoms with Crippen molar-refractivity contribution in [3.63, 3.8) is 0 Å². The van der Waals surface area contributed by atoms with E-state index in [1.54, 1.807) is 0 Å². The maximum Gasteiger partial charge on any atom is 0.332 e. The summed E-state index contributed by atoms with van der Waals surface area (Å²) in [6.07, 6.45) is 8.64. The number of hydrogen-bond donors (Lipinski definition) is 2. The highest BCUT2D eigenvalue weighted by Crippen LogP contribution is 2.49. The monoisotopic (exact) mass is 223 g/mol. The fraction of sp³-hybridized carbons (Fsp3) is 0.833. The zero-order valence-corrected chi connectivity index (χ0v) is 9.96. The largest absolute Gasteiger partial charge is 0.350 e. The minimum Gasteiger partial charge on any atom is -0.350 e. The summed E-state index contributed by atoms with van der Waals surface area (Å²) in [6.45, 7) is 2.41. The summed E-state index contributed by atoms with van der Waals surface area (Å²) in [6, 6.07) is -0.565. The molecule has 0 aliphatic heterocycles. The molecular weight excluding hydrogens is 202 g/mol. The van der Waals surface area contributed by atoms with Crippen molar-refractivity contribution >= 4 is 11.7 Å².